The number of para-hydroxylation sites is 2. The zero-order valence-corrected chi connectivity index (χ0v) is 20.0. The first-order valence-corrected chi connectivity index (χ1v) is 11.7. The quantitative estimate of drug-likeness (QED) is 0.153. The SMILES string of the molecule is CCOC(=O)c1cccc(-c2ccc(/C=N\NC(=O)Cn3c4ccccc4c(=O)c4ccccc43)o2)c1. The number of fused-ring (bicyclic) bond motifs is 2. The van der Waals surface area contributed by atoms with Gasteiger partial charge in [0.15, 0.2) is 5.43 Å². The topological polar surface area (TPSA) is 103 Å². The van der Waals surface area contributed by atoms with E-state index in [2.05, 4.69) is 10.5 Å². The summed E-state index contributed by atoms with van der Waals surface area (Å²) in [6.07, 6.45) is 1.40. The number of nitrogens with zero attached hydrogens (tertiary/aromatic N) is 2. The maximum absolute atomic E-state index is 12.9. The van der Waals surface area contributed by atoms with Crippen LogP contribution in [0.5, 0.6) is 0 Å². The summed E-state index contributed by atoms with van der Waals surface area (Å²) in [5, 5.41) is 5.12. The Balaban J connectivity index is 1.32. The predicted octanol–water partition coefficient (Wildman–Crippen LogP) is 4.74. The lowest BCUT2D eigenvalue weighted by Crippen LogP contribution is -2.25. The van der Waals surface area contributed by atoms with Crippen LogP contribution in [0.2, 0.25) is 0 Å². The number of aromatic nitrogens is 1. The summed E-state index contributed by atoms with van der Waals surface area (Å²) < 4.78 is 12.7. The summed E-state index contributed by atoms with van der Waals surface area (Å²) >= 11 is 0. The van der Waals surface area contributed by atoms with E-state index in [1.165, 1.54) is 6.21 Å². The van der Waals surface area contributed by atoms with Crippen molar-refractivity contribution in [3.05, 3.63) is 106 Å². The molecule has 2 heterocycles. The van der Waals surface area contributed by atoms with Gasteiger partial charge in [0.05, 0.1) is 29.4 Å². The summed E-state index contributed by atoms with van der Waals surface area (Å²) in [7, 11) is 0. The number of ether oxygens (including phenoxy) is 1. The van der Waals surface area contributed by atoms with Gasteiger partial charge in [-0.25, -0.2) is 10.2 Å². The molecule has 0 atom stereocenters. The van der Waals surface area contributed by atoms with Crippen LogP contribution < -0.4 is 10.9 Å². The Morgan fingerprint density at radius 3 is 2.35 bits per heavy atom. The van der Waals surface area contributed by atoms with Gasteiger partial charge in [0.1, 0.15) is 18.1 Å². The Hall–Kier alpha value is -4.98. The number of furan rings is 1. The fraction of sp³-hybridized carbons (Fsp3) is 0.103. The van der Waals surface area contributed by atoms with Gasteiger partial charge in [-0.1, -0.05) is 36.4 Å². The molecule has 184 valence electrons. The Morgan fingerprint density at radius 1 is 0.946 bits per heavy atom. The number of hydrogen-bond acceptors (Lipinski definition) is 6. The van der Waals surface area contributed by atoms with E-state index in [-0.39, 0.29) is 17.9 Å². The third-order valence-electron chi connectivity index (χ3n) is 5.85. The Labute approximate surface area is 211 Å². The number of pyridine rings is 1. The number of carbonyl (C=O) groups excluding carboxylic acids is 2. The first-order chi connectivity index (χ1) is 18.0. The molecule has 0 aliphatic rings. The molecule has 2 aromatic heterocycles. The molecule has 5 rings (SSSR count). The number of hydrazone groups is 1. The van der Waals surface area contributed by atoms with Gasteiger partial charge in [-0.05, 0) is 55.5 Å². The van der Waals surface area contributed by atoms with Crippen molar-refractivity contribution in [2.75, 3.05) is 6.61 Å². The second-order valence-electron chi connectivity index (χ2n) is 8.25. The van der Waals surface area contributed by atoms with Crippen molar-refractivity contribution in [3.63, 3.8) is 0 Å². The molecular weight excluding hydrogens is 470 g/mol. The first-order valence-electron chi connectivity index (χ1n) is 11.7. The summed E-state index contributed by atoms with van der Waals surface area (Å²) in [4.78, 5) is 37.6. The van der Waals surface area contributed by atoms with E-state index in [0.29, 0.717) is 51.1 Å². The number of hydrogen-bond donors (Lipinski definition) is 1. The summed E-state index contributed by atoms with van der Waals surface area (Å²) in [6.45, 7) is 2.03. The lowest BCUT2D eigenvalue weighted by molar-refractivity contribution is -0.121. The molecule has 0 aliphatic carbocycles. The van der Waals surface area contributed by atoms with Crippen molar-refractivity contribution in [1.82, 2.24) is 9.99 Å². The molecule has 0 saturated carbocycles. The Bertz CT molecular complexity index is 1650. The van der Waals surface area contributed by atoms with Gasteiger partial charge in [-0.2, -0.15) is 5.10 Å². The van der Waals surface area contributed by atoms with Crippen LogP contribution in [0.25, 0.3) is 33.1 Å². The average molecular weight is 494 g/mol. The molecule has 0 fully saturated rings. The molecule has 0 aliphatic heterocycles. The molecule has 5 aromatic rings. The Kier molecular flexibility index (Phi) is 6.63. The van der Waals surface area contributed by atoms with Gasteiger partial charge in [-0.15, -0.1) is 0 Å². The van der Waals surface area contributed by atoms with Crippen molar-refractivity contribution in [2.45, 2.75) is 13.5 Å². The summed E-state index contributed by atoms with van der Waals surface area (Å²) in [5.41, 5.74) is 4.94. The van der Waals surface area contributed by atoms with Gasteiger partial charge in [-0.3, -0.25) is 9.59 Å². The van der Waals surface area contributed by atoms with Crippen molar-refractivity contribution >= 4 is 39.9 Å². The highest BCUT2D eigenvalue weighted by Gasteiger charge is 2.13. The zero-order chi connectivity index (χ0) is 25.8. The predicted molar refractivity (Wildman–Crippen MR) is 142 cm³/mol. The standard InChI is InChI=1S/C29H23N3O5/c1-2-36-29(35)20-9-7-8-19(16-20)26-15-14-21(37-26)17-30-31-27(33)18-32-24-12-5-3-10-22(24)28(34)23-11-4-6-13-25(23)32/h3-17H,2,18H2,1H3,(H,31,33)/b30-17-. The van der Waals surface area contributed by atoms with Crippen LogP contribution in [0.4, 0.5) is 0 Å². The average Bonchev–Trinajstić information content (AvgIpc) is 3.40. The molecule has 0 radical (unpaired) electrons. The second-order valence-corrected chi connectivity index (χ2v) is 8.25. The molecule has 8 heteroatoms. The fourth-order valence-electron chi connectivity index (χ4n) is 4.19. The van der Waals surface area contributed by atoms with Crippen LogP contribution in [0, 0.1) is 0 Å². The highest BCUT2D eigenvalue weighted by atomic mass is 16.5. The van der Waals surface area contributed by atoms with E-state index in [0.717, 1.165) is 0 Å². The number of nitrogens with one attached hydrogen (secondary N) is 1. The molecule has 37 heavy (non-hydrogen) atoms. The summed E-state index contributed by atoms with van der Waals surface area (Å²) in [5.74, 6) is 0.217. The van der Waals surface area contributed by atoms with E-state index >= 15 is 0 Å². The van der Waals surface area contributed by atoms with Gasteiger partial charge in [0.2, 0.25) is 0 Å². The smallest absolute Gasteiger partial charge is 0.338 e. The number of rotatable bonds is 7. The molecule has 1 amide bonds. The van der Waals surface area contributed by atoms with Gasteiger partial charge in [0.25, 0.3) is 5.91 Å². The normalized spacial score (nSPS) is 11.3. The minimum Gasteiger partial charge on any atom is -0.462 e. The van der Waals surface area contributed by atoms with E-state index in [1.54, 1.807) is 66.1 Å². The number of amides is 1. The van der Waals surface area contributed by atoms with Crippen LogP contribution in [0.15, 0.2) is 99.2 Å². The lowest BCUT2D eigenvalue weighted by Gasteiger charge is -2.14. The highest BCUT2D eigenvalue weighted by molar-refractivity contribution is 5.95. The van der Waals surface area contributed by atoms with Gasteiger partial charge in [0, 0.05) is 16.3 Å². The van der Waals surface area contributed by atoms with E-state index in [9.17, 15) is 14.4 Å². The van der Waals surface area contributed by atoms with Crippen molar-refractivity contribution in [2.24, 2.45) is 5.10 Å². The van der Waals surface area contributed by atoms with Crippen LogP contribution in [0.1, 0.15) is 23.0 Å². The number of esters is 1. The van der Waals surface area contributed by atoms with Gasteiger partial charge < -0.3 is 13.7 Å². The van der Waals surface area contributed by atoms with Gasteiger partial charge >= 0.3 is 5.97 Å². The molecule has 8 nitrogen and oxygen atoms in total. The monoisotopic (exact) mass is 493 g/mol. The van der Waals surface area contributed by atoms with Crippen molar-refractivity contribution < 1.29 is 18.7 Å². The number of carbonyl (C=O) groups is 2. The van der Waals surface area contributed by atoms with E-state index < -0.39 is 5.97 Å². The molecular formula is C29H23N3O5. The second kappa shape index (κ2) is 10.3. The maximum atomic E-state index is 12.9. The third-order valence-corrected chi connectivity index (χ3v) is 5.85. The molecule has 0 unspecified atom stereocenters. The van der Waals surface area contributed by atoms with Crippen LogP contribution >= 0.6 is 0 Å². The zero-order valence-electron chi connectivity index (χ0n) is 20.0. The lowest BCUT2D eigenvalue weighted by atomic mass is 10.1. The third kappa shape index (κ3) is 4.90. The maximum Gasteiger partial charge on any atom is 0.338 e. The molecule has 0 spiro atoms. The molecule has 0 bridgehead atoms. The van der Waals surface area contributed by atoms with Crippen LogP contribution in [-0.4, -0.2) is 29.3 Å². The number of benzene rings is 3. The van der Waals surface area contributed by atoms with Crippen LogP contribution in [-0.2, 0) is 16.1 Å². The summed E-state index contributed by atoms with van der Waals surface area (Å²) in [6, 6.07) is 24.8. The largest absolute Gasteiger partial charge is 0.462 e. The first kappa shape index (κ1) is 23.7. The van der Waals surface area contributed by atoms with E-state index in [1.807, 2.05) is 30.3 Å². The highest BCUT2D eigenvalue weighted by Crippen LogP contribution is 2.23. The van der Waals surface area contributed by atoms with E-state index in [4.69, 9.17) is 9.15 Å². The molecule has 3 aromatic carbocycles. The Morgan fingerprint density at radius 2 is 1.65 bits per heavy atom. The molecule has 1 N–H and O–H groups in total. The fourth-order valence-corrected chi connectivity index (χ4v) is 4.19. The molecule has 0 saturated heterocycles. The van der Waals surface area contributed by atoms with Crippen molar-refractivity contribution in [3.8, 4) is 11.3 Å². The van der Waals surface area contributed by atoms with Crippen LogP contribution in [0.3, 0.4) is 0 Å². The minimum absolute atomic E-state index is 0.0251. The van der Waals surface area contributed by atoms with Crippen molar-refractivity contribution in [1.29, 1.82) is 0 Å². The minimum atomic E-state index is -0.399.